The van der Waals surface area contributed by atoms with Crippen molar-refractivity contribution in [3.63, 3.8) is 0 Å². The number of nitrogens with zero attached hydrogens (tertiary/aromatic N) is 1. The third-order valence-corrected chi connectivity index (χ3v) is 5.06. The highest BCUT2D eigenvalue weighted by Gasteiger charge is 2.27. The van der Waals surface area contributed by atoms with E-state index in [0.29, 0.717) is 19.7 Å². The van der Waals surface area contributed by atoms with Gasteiger partial charge in [0.25, 0.3) is 0 Å². The summed E-state index contributed by atoms with van der Waals surface area (Å²) in [6, 6.07) is 16.0. The first kappa shape index (κ1) is 21.1. The van der Waals surface area contributed by atoms with Crippen LogP contribution >= 0.6 is 0 Å². The summed E-state index contributed by atoms with van der Waals surface area (Å²) in [5, 5.41) is 6.47. The SMILES string of the molecule is CCCOc1cccc(CNC(=O)CN2CCNCC2c2ccccc2OC)c1. The van der Waals surface area contributed by atoms with E-state index in [-0.39, 0.29) is 11.9 Å². The molecule has 1 aliphatic heterocycles. The monoisotopic (exact) mass is 397 g/mol. The highest BCUT2D eigenvalue weighted by atomic mass is 16.5. The Morgan fingerprint density at radius 2 is 2.10 bits per heavy atom. The van der Waals surface area contributed by atoms with E-state index < -0.39 is 0 Å². The van der Waals surface area contributed by atoms with Gasteiger partial charge in [-0.1, -0.05) is 37.3 Å². The first-order chi connectivity index (χ1) is 14.2. The first-order valence-electron chi connectivity index (χ1n) is 10.3. The van der Waals surface area contributed by atoms with Crippen molar-refractivity contribution in [3.05, 3.63) is 59.7 Å². The molecule has 0 radical (unpaired) electrons. The lowest BCUT2D eigenvalue weighted by Gasteiger charge is -2.36. The van der Waals surface area contributed by atoms with E-state index in [4.69, 9.17) is 9.47 Å². The van der Waals surface area contributed by atoms with Gasteiger partial charge < -0.3 is 20.1 Å². The van der Waals surface area contributed by atoms with Crippen molar-refractivity contribution >= 4 is 5.91 Å². The van der Waals surface area contributed by atoms with Crippen molar-refractivity contribution in [2.75, 3.05) is 39.9 Å². The van der Waals surface area contributed by atoms with E-state index in [0.717, 1.165) is 48.7 Å². The molecule has 1 heterocycles. The standard InChI is InChI=1S/C23H31N3O3/c1-3-13-29-19-8-6-7-18(14-19)15-25-23(27)17-26-12-11-24-16-21(26)20-9-4-5-10-22(20)28-2/h4-10,14,21,24H,3,11-13,15-17H2,1-2H3,(H,25,27). The molecule has 2 aromatic rings. The number of hydrogen-bond donors (Lipinski definition) is 2. The minimum Gasteiger partial charge on any atom is -0.496 e. The van der Waals surface area contributed by atoms with Crippen molar-refractivity contribution in [2.24, 2.45) is 0 Å². The van der Waals surface area contributed by atoms with Gasteiger partial charge in [0.2, 0.25) is 5.91 Å². The molecule has 2 aromatic carbocycles. The zero-order chi connectivity index (χ0) is 20.5. The van der Waals surface area contributed by atoms with Gasteiger partial charge in [0.05, 0.1) is 26.3 Å². The average Bonchev–Trinajstić information content (AvgIpc) is 2.77. The maximum absolute atomic E-state index is 12.6. The number of methoxy groups -OCH3 is 1. The summed E-state index contributed by atoms with van der Waals surface area (Å²) in [7, 11) is 1.68. The molecular weight excluding hydrogens is 366 g/mol. The van der Waals surface area contributed by atoms with Gasteiger partial charge in [0.15, 0.2) is 0 Å². The van der Waals surface area contributed by atoms with Gasteiger partial charge in [-0.3, -0.25) is 9.69 Å². The minimum atomic E-state index is 0.0201. The van der Waals surface area contributed by atoms with Crippen LogP contribution < -0.4 is 20.1 Å². The van der Waals surface area contributed by atoms with Crippen molar-refractivity contribution in [2.45, 2.75) is 25.9 Å². The Hall–Kier alpha value is -2.57. The van der Waals surface area contributed by atoms with E-state index >= 15 is 0 Å². The number of rotatable bonds is 9. The summed E-state index contributed by atoms with van der Waals surface area (Å²) in [5.74, 6) is 1.72. The Morgan fingerprint density at radius 3 is 2.93 bits per heavy atom. The Bertz CT molecular complexity index is 796. The van der Waals surface area contributed by atoms with Crippen molar-refractivity contribution in [1.82, 2.24) is 15.5 Å². The molecule has 0 bridgehead atoms. The first-order valence-corrected chi connectivity index (χ1v) is 10.3. The number of carbonyl (C=O) groups is 1. The molecule has 6 nitrogen and oxygen atoms in total. The summed E-state index contributed by atoms with van der Waals surface area (Å²) < 4.78 is 11.2. The number of piperazine rings is 1. The number of nitrogens with one attached hydrogen (secondary N) is 2. The predicted octanol–water partition coefficient (Wildman–Crippen LogP) is 2.75. The van der Waals surface area contributed by atoms with Crippen molar-refractivity contribution < 1.29 is 14.3 Å². The van der Waals surface area contributed by atoms with Gasteiger partial charge >= 0.3 is 0 Å². The molecule has 0 aromatic heterocycles. The largest absolute Gasteiger partial charge is 0.496 e. The smallest absolute Gasteiger partial charge is 0.234 e. The van der Waals surface area contributed by atoms with Gasteiger partial charge in [-0.05, 0) is 30.2 Å². The molecule has 6 heteroatoms. The number of ether oxygens (including phenoxy) is 2. The van der Waals surface area contributed by atoms with Crippen LogP contribution in [0.3, 0.4) is 0 Å². The fourth-order valence-corrected chi connectivity index (χ4v) is 3.59. The fraction of sp³-hybridized carbons (Fsp3) is 0.435. The van der Waals surface area contributed by atoms with Crippen LogP contribution in [0.5, 0.6) is 11.5 Å². The normalized spacial score (nSPS) is 17.0. The molecule has 3 rings (SSSR count). The Kier molecular flexibility index (Phi) is 7.90. The van der Waals surface area contributed by atoms with Gasteiger partial charge in [-0.15, -0.1) is 0 Å². The van der Waals surface area contributed by atoms with Gasteiger partial charge in [0, 0.05) is 31.7 Å². The van der Waals surface area contributed by atoms with Crippen LogP contribution in [0.15, 0.2) is 48.5 Å². The lowest BCUT2D eigenvalue weighted by Crippen LogP contribution is -2.49. The second-order valence-corrected chi connectivity index (χ2v) is 7.20. The van der Waals surface area contributed by atoms with Crippen LogP contribution in [0.2, 0.25) is 0 Å². The number of carbonyl (C=O) groups excluding carboxylic acids is 1. The maximum Gasteiger partial charge on any atom is 0.234 e. The number of hydrogen-bond acceptors (Lipinski definition) is 5. The van der Waals surface area contributed by atoms with E-state index in [9.17, 15) is 4.79 Å². The van der Waals surface area contributed by atoms with Gasteiger partial charge in [-0.2, -0.15) is 0 Å². The highest BCUT2D eigenvalue weighted by Crippen LogP contribution is 2.29. The maximum atomic E-state index is 12.6. The van der Waals surface area contributed by atoms with Crippen LogP contribution in [0, 0.1) is 0 Å². The molecule has 0 aliphatic carbocycles. The highest BCUT2D eigenvalue weighted by molar-refractivity contribution is 5.78. The molecule has 1 unspecified atom stereocenters. The van der Waals surface area contributed by atoms with Crippen molar-refractivity contribution in [1.29, 1.82) is 0 Å². The lowest BCUT2D eigenvalue weighted by atomic mass is 10.0. The van der Waals surface area contributed by atoms with Gasteiger partial charge in [0.1, 0.15) is 11.5 Å². The molecule has 0 spiro atoms. The molecule has 1 atom stereocenters. The molecule has 1 aliphatic rings. The predicted molar refractivity (Wildman–Crippen MR) is 114 cm³/mol. The summed E-state index contributed by atoms with van der Waals surface area (Å²) in [6.07, 6.45) is 0.971. The van der Waals surface area contributed by atoms with Crippen LogP contribution in [-0.4, -0.2) is 50.7 Å². The zero-order valence-corrected chi connectivity index (χ0v) is 17.3. The molecule has 0 saturated carbocycles. The van der Waals surface area contributed by atoms with E-state index in [1.807, 2.05) is 42.5 Å². The van der Waals surface area contributed by atoms with Crippen LogP contribution in [-0.2, 0) is 11.3 Å². The quantitative estimate of drug-likeness (QED) is 0.681. The molecule has 29 heavy (non-hydrogen) atoms. The van der Waals surface area contributed by atoms with Gasteiger partial charge in [-0.25, -0.2) is 0 Å². The summed E-state index contributed by atoms with van der Waals surface area (Å²) in [4.78, 5) is 14.8. The third-order valence-electron chi connectivity index (χ3n) is 5.06. The second-order valence-electron chi connectivity index (χ2n) is 7.20. The van der Waals surface area contributed by atoms with Crippen LogP contribution in [0.4, 0.5) is 0 Å². The number of para-hydroxylation sites is 1. The Balaban J connectivity index is 1.59. The third kappa shape index (κ3) is 5.95. The molecule has 2 N–H and O–H groups in total. The molecule has 156 valence electrons. The summed E-state index contributed by atoms with van der Waals surface area (Å²) in [5.41, 5.74) is 2.14. The molecule has 1 saturated heterocycles. The Morgan fingerprint density at radius 1 is 1.24 bits per heavy atom. The fourth-order valence-electron chi connectivity index (χ4n) is 3.59. The topological polar surface area (TPSA) is 62.8 Å². The number of benzene rings is 2. The summed E-state index contributed by atoms with van der Waals surface area (Å²) in [6.45, 7) is 6.11. The molecule has 1 fully saturated rings. The zero-order valence-electron chi connectivity index (χ0n) is 17.3. The van der Waals surface area contributed by atoms with E-state index in [2.05, 4.69) is 28.5 Å². The second kappa shape index (κ2) is 10.8. The average molecular weight is 398 g/mol. The van der Waals surface area contributed by atoms with Crippen molar-refractivity contribution in [3.8, 4) is 11.5 Å². The minimum absolute atomic E-state index is 0.0201. The molecular formula is C23H31N3O3. The van der Waals surface area contributed by atoms with E-state index in [1.54, 1.807) is 7.11 Å². The molecule has 1 amide bonds. The Labute approximate surface area is 173 Å². The number of amides is 1. The van der Waals surface area contributed by atoms with Crippen LogP contribution in [0.1, 0.15) is 30.5 Å². The lowest BCUT2D eigenvalue weighted by molar-refractivity contribution is -0.123. The van der Waals surface area contributed by atoms with E-state index in [1.165, 1.54) is 0 Å². The van der Waals surface area contributed by atoms with Crippen LogP contribution in [0.25, 0.3) is 0 Å². The summed E-state index contributed by atoms with van der Waals surface area (Å²) >= 11 is 0.